The van der Waals surface area contributed by atoms with Crippen molar-refractivity contribution in [3.05, 3.63) is 0 Å². The molecule has 1 aliphatic rings. The van der Waals surface area contributed by atoms with E-state index < -0.39 is 0 Å². The molecule has 0 amide bonds. The molecule has 0 spiro atoms. The first-order chi connectivity index (χ1) is 8.27. The number of nitrogens with zero attached hydrogens (tertiary/aromatic N) is 4. The number of aromatic nitrogens is 4. The van der Waals surface area contributed by atoms with Crippen molar-refractivity contribution in [3.8, 4) is 0 Å². The monoisotopic (exact) mass is 255 g/mol. The molecule has 1 aliphatic carbocycles. The Kier molecular flexibility index (Phi) is 4.79. The molecule has 0 atom stereocenters. The van der Waals surface area contributed by atoms with Gasteiger partial charge in [0.1, 0.15) is 0 Å². The van der Waals surface area contributed by atoms with E-state index in [1.165, 1.54) is 19.3 Å². The van der Waals surface area contributed by atoms with Crippen LogP contribution in [0.25, 0.3) is 0 Å². The van der Waals surface area contributed by atoms with Crippen LogP contribution in [0, 0.1) is 5.92 Å². The summed E-state index contributed by atoms with van der Waals surface area (Å²) in [5, 5.41) is 16.2. The topological polar surface area (TPSA) is 55.6 Å². The minimum Gasteiger partial charge on any atom is -0.316 e. The lowest BCUT2D eigenvalue weighted by atomic mass is 10.1. The van der Waals surface area contributed by atoms with Gasteiger partial charge in [0.15, 0.2) is 0 Å². The van der Waals surface area contributed by atoms with Gasteiger partial charge in [-0.3, -0.25) is 0 Å². The summed E-state index contributed by atoms with van der Waals surface area (Å²) in [6.07, 6.45) is 3.70. The Morgan fingerprint density at radius 1 is 1.41 bits per heavy atom. The number of nitrogens with one attached hydrogen (secondary N) is 1. The van der Waals surface area contributed by atoms with Gasteiger partial charge in [0.25, 0.3) is 0 Å². The summed E-state index contributed by atoms with van der Waals surface area (Å²) in [6.45, 7) is 6.63. The molecule has 0 radical (unpaired) electrons. The first-order valence-electron chi connectivity index (χ1n) is 6.38. The van der Waals surface area contributed by atoms with E-state index in [0.29, 0.717) is 6.04 Å². The fourth-order valence-electron chi connectivity index (χ4n) is 1.56. The molecule has 96 valence electrons. The van der Waals surface area contributed by atoms with Crippen molar-refractivity contribution in [1.29, 1.82) is 0 Å². The van der Waals surface area contributed by atoms with Crippen LogP contribution < -0.4 is 5.32 Å². The molecule has 17 heavy (non-hydrogen) atoms. The van der Waals surface area contributed by atoms with Crippen LogP contribution in [0.5, 0.6) is 0 Å². The second kappa shape index (κ2) is 6.35. The van der Waals surface area contributed by atoms with Crippen molar-refractivity contribution >= 4 is 11.8 Å². The summed E-state index contributed by atoms with van der Waals surface area (Å²) in [7, 11) is 0. The molecule has 1 aromatic heterocycles. The summed E-state index contributed by atoms with van der Waals surface area (Å²) in [4.78, 5) is 0. The number of hydrogen-bond acceptors (Lipinski definition) is 5. The van der Waals surface area contributed by atoms with Gasteiger partial charge in [-0.15, -0.1) is 5.10 Å². The van der Waals surface area contributed by atoms with Crippen LogP contribution in [0.1, 0.15) is 39.2 Å². The highest BCUT2D eigenvalue weighted by Crippen LogP contribution is 2.36. The summed E-state index contributed by atoms with van der Waals surface area (Å²) in [6, 6.07) is 0.571. The molecular formula is C11H21N5S. The molecule has 5 nitrogen and oxygen atoms in total. The Labute approximate surface area is 107 Å². The third-order valence-electron chi connectivity index (χ3n) is 2.76. The number of hydrogen-bond donors (Lipinski definition) is 1. The van der Waals surface area contributed by atoms with Crippen LogP contribution in [-0.2, 0) is 0 Å². The fourth-order valence-corrected chi connectivity index (χ4v) is 2.40. The van der Waals surface area contributed by atoms with Crippen molar-refractivity contribution in [2.75, 3.05) is 18.8 Å². The lowest BCUT2D eigenvalue weighted by Gasteiger charge is -2.06. The van der Waals surface area contributed by atoms with Gasteiger partial charge in [-0.2, -0.15) is 0 Å². The molecule has 1 fully saturated rings. The fraction of sp³-hybridized carbons (Fsp3) is 0.909. The maximum absolute atomic E-state index is 4.06. The zero-order valence-corrected chi connectivity index (χ0v) is 11.4. The Hall–Kier alpha value is -0.620. The normalized spacial score (nSPS) is 15.7. The van der Waals surface area contributed by atoms with Gasteiger partial charge in [-0.1, -0.05) is 25.6 Å². The number of thioether (sulfide) groups is 1. The van der Waals surface area contributed by atoms with E-state index >= 15 is 0 Å². The third-order valence-corrected chi connectivity index (χ3v) is 3.70. The Morgan fingerprint density at radius 3 is 2.94 bits per heavy atom. The van der Waals surface area contributed by atoms with E-state index in [2.05, 4.69) is 34.7 Å². The molecule has 1 aromatic rings. The predicted molar refractivity (Wildman–Crippen MR) is 69.1 cm³/mol. The van der Waals surface area contributed by atoms with Gasteiger partial charge in [-0.25, -0.2) is 4.68 Å². The van der Waals surface area contributed by atoms with Gasteiger partial charge in [0.2, 0.25) is 5.16 Å². The SMILES string of the molecule is CC(C)CCNCCSc1nnnn1C1CC1. The Bertz CT molecular complexity index is 334. The largest absolute Gasteiger partial charge is 0.316 e. The lowest BCUT2D eigenvalue weighted by molar-refractivity contribution is 0.546. The Morgan fingerprint density at radius 2 is 2.24 bits per heavy atom. The van der Waals surface area contributed by atoms with Crippen LogP contribution in [0.3, 0.4) is 0 Å². The molecule has 6 heteroatoms. The quantitative estimate of drug-likeness (QED) is 0.566. The highest BCUT2D eigenvalue weighted by Gasteiger charge is 2.27. The summed E-state index contributed by atoms with van der Waals surface area (Å²) in [5.74, 6) is 1.81. The van der Waals surface area contributed by atoms with Crippen LogP contribution in [0.15, 0.2) is 5.16 Å². The van der Waals surface area contributed by atoms with Gasteiger partial charge in [0, 0.05) is 12.3 Å². The number of rotatable bonds is 8. The zero-order chi connectivity index (χ0) is 12.1. The average Bonchev–Trinajstić information content (AvgIpc) is 3.03. The molecule has 2 rings (SSSR count). The predicted octanol–water partition coefficient (Wildman–Crippen LogP) is 1.74. The zero-order valence-electron chi connectivity index (χ0n) is 10.6. The van der Waals surface area contributed by atoms with Crippen molar-refractivity contribution in [3.63, 3.8) is 0 Å². The van der Waals surface area contributed by atoms with Crippen LogP contribution in [0.2, 0.25) is 0 Å². The molecule has 0 aromatic carbocycles. The van der Waals surface area contributed by atoms with Crippen molar-refractivity contribution in [2.24, 2.45) is 5.92 Å². The standard InChI is InChI=1S/C11H21N5S/c1-9(2)5-6-12-7-8-17-11-13-14-15-16(11)10-3-4-10/h9-10,12H,3-8H2,1-2H3. The van der Waals surface area contributed by atoms with Gasteiger partial charge < -0.3 is 5.32 Å². The molecule has 0 aliphatic heterocycles. The second-order valence-electron chi connectivity index (χ2n) is 4.92. The van der Waals surface area contributed by atoms with Gasteiger partial charge >= 0.3 is 0 Å². The van der Waals surface area contributed by atoms with Gasteiger partial charge in [-0.05, 0) is 42.2 Å². The van der Waals surface area contributed by atoms with Crippen molar-refractivity contribution in [2.45, 2.75) is 44.3 Å². The minimum atomic E-state index is 0.571. The molecular weight excluding hydrogens is 234 g/mol. The van der Waals surface area contributed by atoms with Crippen LogP contribution in [0.4, 0.5) is 0 Å². The minimum absolute atomic E-state index is 0.571. The molecule has 1 N–H and O–H groups in total. The molecule has 0 saturated heterocycles. The van der Waals surface area contributed by atoms with E-state index in [1.807, 2.05) is 4.68 Å². The molecule has 1 heterocycles. The Balaban J connectivity index is 1.59. The maximum atomic E-state index is 4.06. The van der Waals surface area contributed by atoms with Crippen LogP contribution in [-0.4, -0.2) is 39.0 Å². The molecule has 1 saturated carbocycles. The van der Waals surface area contributed by atoms with Crippen molar-refractivity contribution < 1.29 is 0 Å². The van der Waals surface area contributed by atoms with E-state index in [4.69, 9.17) is 0 Å². The highest BCUT2D eigenvalue weighted by molar-refractivity contribution is 7.99. The first kappa shape index (κ1) is 12.8. The third kappa shape index (κ3) is 4.27. The average molecular weight is 255 g/mol. The molecule has 0 bridgehead atoms. The van der Waals surface area contributed by atoms with E-state index in [0.717, 1.165) is 29.9 Å². The summed E-state index contributed by atoms with van der Waals surface area (Å²) in [5.41, 5.74) is 0. The first-order valence-corrected chi connectivity index (χ1v) is 7.37. The van der Waals surface area contributed by atoms with E-state index in [9.17, 15) is 0 Å². The maximum Gasteiger partial charge on any atom is 0.209 e. The van der Waals surface area contributed by atoms with Gasteiger partial charge in [0.05, 0.1) is 6.04 Å². The number of tetrazole rings is 1. The van der Waals surface area contributed by atoms with E-state index in [1.54, 1.807) is 11.8 Å². The summed E-state index contributed by atoms with van der Waals surface area (Å²) < 4.78 is 1.97. The second-order valence-corrected chi connectivity index (χ2v) is 5.98. The van der Waals surface area contributed by atoms with E-state index in [-0.39, 0.29) is 0 Å². The lowest BCUT2D eigenvalue weighted by Crippen LogP contribution is -2.19. The summed E-state index contributed by atoms with van der Waals surface area (Å²) >= 11 is 1.75. The van der Waals surface area contributed by atoms with Crippen LogP contribution >= 0.6 is 11.8 Å². The smallest absolute Gasteiger partial charge is 0.209 e. The van der Waals surface area contributed by atoms with Crippen molar-refractivity contribution in [1.82, 2.24) is 25.5 Å². The molecule has 0 unspecified atom stereocenters. The highest BCUT2D eigenvalue weighted by atomic mass is 32.2.